The molecule has 2 aliphatic heterocycles. The summed E-state index contributed by atoms with van der Waals surface area (Å²) >= 11 is 0. The Labute approximate surface area is 178 Å². The molecule has 1 fully saturated rings. The van der Waals surface area contributed by atoms with Crippen LogP contribution >= 0.6 is 0 Å². The second kappa shape index (κ2) is 7.78. The van der Waals surface area contributed by atoms with Gasteiger partial charge in [-0.2, -0.15) is 0 Å². The van der Waals surface area contributed by atoms with Crippen LogP contribution in [0.15, 0.2) is 42.5 Å². The van der Waals surface area contributed by atoms with E-state index in [2.05, 4.69) is 37.9 Å². The van der Waals surface area contributed by atoms with E-state index in [4.69, 9.17) is 0 Å². The van der Waals surface area contributed by atoms with Gasteiger partial charge in [-0.25, -0.2) is 4.79 Å². The summed E-state index contributed by atoms with van der Waals surface area (Å²) in [5.74, 6) is -0.774. The van der Waals surface area contributed by atoms with Crippen molar-refractivity contribution in [2.24, 2.45) is 5.41 Å². The van der Waals surface area contributed by atoms with Crippen LogP contribution in [0.4, 0.5) is 5.69 Å². The number of likely N-dealkylation sites (tertiary alicyclic amines) is 1. The lowest BCUT2D eigenvalue weighted by molar-refractivity contribution is 0.0694. The molecule has 4 rings (SSSR count). The monoisotopic (exact) mass is 406 g/mol. The lowest BCUT2D eigenvalue weighted by atomic mass is 9.71. The highest BCUT2D eigenvalue weighted by Crippen LogP contribution is 2.48. The van der Waals surface area contributed by atoms with Crippen LogP contribution in [-0.2, 0) is 6.42 Å². The molecule has 0 spiro atoms. The average Bonchev–Trinajstić information content (AvgIpc) is 2.73. The van der Waals surface area contributed by atoms with Crippen molar-refractivity contribution in [2.75, 3.05) is 25.0 Å². The maximum absolute atomic E-state index is 13.0. The van der Waals surface area contributed by atoms with Gasteiger partial charge >= 0.3 is 5.97 Å². The van der Waals surface area contributed by atoms with Crippen molar-refractivity contribution in [2.45, 2.75) is 45.6 Å². The van der Waals surface area contributed by atoms with Crippen molar-refractivity contribution in [3.05, 3.63) is 64.7 Å². The SMILES string of the molecule is CN1c2ccc(C(=O)O)cc2CC(C)(C)C1c1cccc(C(=O)N2CCCCC2)c1. The Balaban J connectivity index is 1.68. The predicted octanol–water partition coefficient (Wildman–Crippen LogP) is 4.77. The molecule has 1 amide bonds. The first-order valence-corrected chi connectivity index (χ1v) is 10.8. The molecule has 1 atom stereocenters. The zero-order valence-electron chi connectivity index (χ0n) is 18.0. The van der Waals surface area contributed by atoms with Gasteiger partial charge in [0.25, 0.3) is 5.91 Å². The number of benzene rings is 2. The van der Waals surface area contributed by atoms with Gasteiger partial charge < -0.3 is 14.9 Å². The summed E-state index contributed by atoms with van der Waals surface area (Å²) in [7, 11) is 2.06. The minimum Gasteiger partial charge on any atom is -0.478 e. The Bertz CT molecular complexity index is 976. The Morgan fingerprint density at radius 2 is 1.73 bits per heavy atom. The molecule has 0 aliphatic carbocycles. The van der Waals surface area contributed by atoms with E-state index in [1.54, 1.807) is 12.1 Å². The Hall–Kier alpha value is -2.82. The fourth-order valence-electron chi connectivity index (χ4n) is 5.25. The third-order valence-electron chi connectivity index (χ3n) is 6.57. The highest BCUT2D eigenvalue weighted by Gasteiger charge is 2.40. The molecule has 1 unspecified atom stereocenters. The van der Waals surface area contributed by atoms with E-state index in [1.165, 1.54) is 6.42 Å². The number of carbonyl (C=O) groups excluding carboxylic acids is 1. The van der Waals surface area contributed by atoms with Crippen LogP contribution in [0.2, 0.25) is 0 Å². The predicted molar refractivity (Wildman–Crippen MR) is 118 cm³/mol. The third kappa shape index (κ3) is 3.69. The standard InChI is InChI=1S/C25H30N2O3/c1-25(2)16-20-15-19(24(29)30)10-11-21(20)26(3)22(25)17-8-7-9-18(14-17)23(28)27-12-5-4-6-13-27/h7-11,14-15,22H,4-6,12-13,16H2,1-3H3,(H,29,30). The van der Waals surface area contributed by atoms with Crippen LogP contribution in [0, 0.1) is 5.41 Å². The van der Waals surface area contributed by atoms with Gasteiger partial charge in [0.2, 0.25) is 0 Å². The van der Waals surface area contributed by atoms with Gasteiger partial charge in [0, 0.05) is 31.4 Å². The summed E-state index contributed by atoms with van der Waals surface area (Å²) in [5, 5.41) is 9.35. The number of hydrogen-bond donors (Lipinski definition) is 1. The number of carboxylic acid groups (broad SMARTS) is 1. The lowest BCUT2D eigenvalue weighted by Gasteiger charge is -2.47. The molecule has 5 heteroatoms. The number of nitrogens with zero attached hydrogens (tertiary/aromatic N) is 2. The molecular weight excluding hydrogens is 376 g/mol. The number of carbonyl (C=O) groups is 2. The molecular formula is C25H30N2O3. The topological polar surface area (TPSA) is 60.9 Å². The first-order chi connectivity index (χ1) is 14.3. The summed E-state index contributed by atoms with van der Waals surface area (Å²) in [4.78, 5) is 28.6. The molecule has 1 saturated heterocycles. The number of rotatable bonds is 3. The van der Waals surface area contributed by atoms with E-state index < -0.39 is 5.97 Å². The van der Waals surface area contributed by atoms with Crippen LogP contribution in [0.5, 0.6) is 0 Å². The minimum atomic E-state index is -0.899. The van der Waals surface area contributed by atoms with Crippen molar-refractivity contribution in [1.82, 2.24) is 4.90 Å². The maximum Gasteiger partial charge on any atom is 0.335 e. The average molecular weight is 407 g/mol. The minimum absolute atomic E-state index is 0.0924. The van der Waals surface area contributed by atoms with Crippen molar-refractivity contribution < 1.29 is 14.7 Å². The van der Waals surface area contributed by atoms with E-state index in [9.17, 15) is 14.7 Å². The smallest absolute Gasteiger partial charge is 0.335 e. The number of hydrogen-bond acceptors (Lipinski definition) is 3. The highest BCUT2D eigenvalue weighted by molar-refractivity contribution is 5.94. The Morgan fingerprint density at radius 1 is 1.00 bits per heavy atom. The maximum atomic E-state index is 13.0. The van der Waals surface area contributed by atoms with Gasteiger partial charge in [0.15, 0.2) is 0 Å². The van der Waals surface area contributed by atoms with Crippen LogP contribution < -0.4 is 4.90 Å². The number of amides is 1. The normalized spacial score (nSPS) is 20.6. The second-order valence-corrected chi connectivity index (χ2v) is 9.31. The summed E-state index contributed by atoms with van der Waals surface area (Å²) < 4.78 is 0. The van der Waals surface area contributed by atoms with Crippen molar-refractivity contribution >= 4 is 17.6 Å². The molecule has 2 aromatic carbocycles. The third-order valence-corrected chi connectivity index (χ3v) is 6.57. The Morgan fingerprint density at radius 3 is 2.43 bits per heavy atom. The molecule has 30 heavy (non-hydrogen) atoms. The molecule has 0 radical (unpaired) electrons. The summed E-state index contributed by atoms with van der Waals surface area (Å²) in [6, 6.07) is 13.5. The van der Waals surface area contributed by atoms with E-state index in [1.807, 2.05) is 23.1 Å². The van der Waals surface area contributed by atoms with Crippen molar-refractivity contribution in [1.29, 1.82) is 0 Å². The fraction of sp³-hybridized carbons (Fsp3) is 0.440. The van der Waals surface area contributed by atoms with E-state index in [0.717, 1.165) is 54.7 Å². The molecule has 158 valence electrons. The highest BCUT2D eigenvalue weighted by atomic mass is 16.4. The van der Waals surface area contributed by atoms with Gasteiger partial charge in [-0.3, -0.25) is 4.79 Å². The van der Waals surface area contributed by atoms with E-state index in [0.29, 0.717) is 5.56 Å². The molecule has 1 N–H and O–H groups in total. The summed E-state index contributed by atoms with van der Waals surface area (Å²) in [6.45, 7) is 6.11. The fourth-order valence-corrected chi connectivity index (χ4v) is 5.25. The van der Waals surface area contributed by atoms with Crippen LogP contribution in [-0.4, -0.2) is 42.0 Å². The Kier molecular flexibility index (Phi) is 5.31. The van der Waals surface area contributed by atoms with Crippen molar-refractivity contribution in [3.63, 3.8) is 0 Å². The molecule has 0 aromatic heterocycles. The summed E-state index contributed by atoms with van der Waals surface area (Å²) in [5.41, 5.74) is 4.19. The molecule has 0 bridgehead atoms. The molecule has 2 heterocycles. The van der Waals surface area contributed by atoms with Crippen LogP contribution in [0.1, 0.15) is 71.0 Å². The van der Waals surface area contributed by atoms with E-state index in [-0.39, 0.29) is 17.4 Å². The number of carboxylic acids is 1. The molecule has 5 nitrogen and oxygen atoms in total. The largest absolute Gasteiger partial charge is 0.478 e. The lowest BCUT2D eigenvalue weighted by Crippen LogP contribution is -2.42. The second-order valence-electron chi connectivity index (χ2n) is 9.31. The van der Waals surface area contributed by atoms with Gasteiger partial charge in [0.1, 0.15) is 0 Å². The number of aromatic carboxylic acids is 1. The molecule has 2 aromatic rings. The number of fused-ring (bicyclic) bond motifs is 1. The van der Waals surface area contributed by atoms with Gasteiger partial charge in [0.05, 0.1) is 11.6 Å². The first-order valence-electron chi connectivity index (χ1n) is 10.8. The zero-order chi connectivity index (χ0) is 21.5. The quantitative estimate of drug-likeness (QED) is 0.798. The number of piperidine rings is 1. The van der Waals surface area contributed by atoms with Crippen LogP contribution in [0.25, 0.3) is 0 Å². The summed E-state index contributed by atoms with van der Waals surface area (Å²) in [6.07, 6.45) is 4.15. The van der Waals surface area contributed by atoms with Crippen molar-refractivity contribution in [3.8, 4) is 0 Å². The van der Waals surface area contributed by atoms with E-state index >= 15 is 0 Å². The zero-order valence-corrected chi connectivity index (χ0v) is 18.0. The molecule has 0 saturated carbocycles. The van der Waals surface area contributed by atoms with Gasteiger partial charge in [-0.15, -0.1) is 0 Å². The first kappa shape index (κ1) is 20.5. The van der Waals surface area contributed by atoms with Gasteiger partial charge in [-0.05, 0) is 72.6 Å². The molecule has 2 aliphatic rings. The van der Waals surface area contributed by atoms with Gasteiger partial charge in [-0.1, -0.05) is 26.0 Å². The number of anilines is 1. The van der Waals surface area contributed by atoms with Crippen LogP contribution in [0.3, 0.4) is 0 Å².